The summed E-state index contributed by atoms with van der Waals surface area (Å²) in [6, 6.07) is 7.86. The number of carbonyl (C=O) groups excluding carboxylic acids is 1. The van der Waals surface area contributed by atoms with E-state index in [0.717, 1.165) is 22.3 Å². The number of carbonyl (C=O) groups is 1. The van der Waals surface area contributed by atoms with Crippen molar-refractivity contribution < 1.29 is 23.7 Å². The number of aryl methyl sites for hydroxylation is 1. The van der Waals surface area contributed by atoms with Crippen LogP contribution in [0.25, 0.3) is 0 Å². The van der Waals surface area contributed by atoms with Gasteiger partial charge in [0.15, 0.2) is 11.5 Å². The van der Waals surface area contributed by atoms with Gasteiger partial charge in [-0.25, -0.2) is 0 Å². The number of hydrogen-bond acceptors (Lipinski definition) is 5. The lowest BCUT2D eigenvalue weighted by Crippen LogP contribution is -2.22. The number of ether oxygens (including phenoxy) is 4. The van der Waals surface area contributed by atoms with Crippen molar-refractivity contribution in [3.05, 3.63) is 46.5 Å². The fraction of sp³-hybridized carbons (Fsp3) is 0.350. The smallest absolute Gasteiger partial charge is 0.312 e. The lowest BCUT2D eigenvalue weighted by Gasteiger charge is -2.27. The van der Waals surface area contributed by atoms with Gasteiger partial charge in [0.2, 0.25) is 5.75 Å². The van der Waals surface area contributed by atoms with Crippen LogP contribution >= 0.6 is 0 Å². The van der Waals surface area contributed by atoms with Crippen molar-refractivity contribution in [2.45, 2.75) is 26.2 Å². The first-order chi connectivity index (χ1) is 12.0. The number of esters is 1. The number of fused-ring (bicyclic) bond motifs is 1. The summed E-state index contributed by atoms with van der Waals surface area (Å²) in [7, 11) is 4.73. The maximum Gasteiger partial charge on any atom is 0.312 e. The SMILES string of the molecule is COc1cc([C@@H]2CC(=O)Oc3c2ccc(C)c3C)cc(OC)c1OC. The van der Waals surface area contributed by atoms with Crippen LogP contribution in [0.15, 0.2) is 24.3 Å². The molecular weight excluding hydrogens is 320 g/mol. The minimum Gasteiger partial charge on any atom is -0.493 e. The Labute approximate surface area is 147 Å². The summed E-state index contributed by atoms with van der Waals surface area (Å²) >= 11 is 0. The van der Waals surface area contributed by atoms with Gasteiger partial charge >= 0.3 is 5.97 Å². The third-order valence-corrected chi connectivity index (χ3v) is 4.76. The predicted octanol–water partition coefficient (Wildman–Crippen LogP) is 3.77. The molecule has 0 bridgehead atoms. The molecule has 0 radical (unpaired) electrons. The zero-order valence-electron chi connectivity index (χ0n) is 15.1. The summed E-state index contributed by atoms with van der Waals surface area (Å²) in [5.41, 5.74) is 4.01. The fourth-order valence-corrected chi connectivity index (χ4v) is 3.25. The topological polar surface area (TPSA) is 54.0 Å². The van der Waals surface area contributed by atoms with Gasteiger partial charge < -0.3 is 18.9 Å². The molecular formula is C20H22O5. The van der Waals surface area contributed by atoms with Crippen LogP contribution in [0.5, 0.6) is 23.0 Å². The zero-order valence-corrected chi connectivity index (χ0v) is 15.1. The molecule has 1 atom stereocenters. The number of benzene rings is 2. The van der Waals surface area contributed by atoms with Gasteiger partial charge in [-0.2, -0.15) is 0 Å². The second kappa shape index (κ2) is 6.67. The number of rotatable bonds is 4. The molecule has 0 aromatic heterocycles. The summed E-state index contributed by atoms with van der Waals surface area (Å²) < 4.78 is 21.8. The fourth-order valence-electron chi connectivity index (χ4n) is 3.25. The maximum atomic E-state index is 12.2. The van der Waals surface area contributed by atoms with Crippen LogP contribution in [0, 0.1) is 13.8 Å². The van der Waals surface area contributed by atoms with E-state index < -0.39 is 0 Å². The van der Waals surface area contributed by atoms with Gasteiger partial charge in [-0.15, -0.1) is 0 Å². The van der Waals surface area contributed by atoms with Crippen LogP contribution in [0.4, 0.5) is 0 Å². The molecule has 0 unspecified atom stereocenters. The van der Waals surface area contributed by atoms with Crippen molar-refractivity contribution in [3.8, 4) is 23.0 Å². The maximum absolute atomic E-state index is 12.2. The highest BCUT2D eigenvalue weighted by Crippen LogP contribution is 2.46. The molecule has 1 heterocycles. The first-order valence-electron chi connectivity index (χ1n) is 8.10. The van der Waals surface area contributed by atoms with Crippen LogP contribution in [-0.2, 0) is 4.79 Å². The van der Waals surface area contributed by atoms with Crippen LogP contribution in [0.1, 0.15) is 34.6 Å². The predicted molar refractivity (Wildman–Crippen MR) is 94.1 cm³/mol. The molecule has 0 N–H and O–H groups in total. The standard InChI is InChI=1S/C20H22O5/c1-11-6-7-14-15(10-18(21)25-19(14)12(11)2)13-8-16(22-3)20(24-5)17(9-13)23-4/h6-9,15H,10H2,1-5H3/t15-/m0/s1. The molecule has 2 aromatic rings. The van der Waals surface area contributed by atoms with Gasteiger partial charge in [0.05, 0.1) is 27.8 Å². The highest BCUT2D eigenvalue weighted by atomic mass is 16.5. The first kappa shape index (κ1) is 17.1. The Kier molecular flexibility index (Phi) is 4.57. The van der Waals surface area contributed by atoms with Gasteiger partial charge in [-0.05, 0) is 42.7 Å². The van der Waals surface area contributed by atoms with Crippen molar-refractivity contribution >= 4 is 5.97 Å². The van der Waals surface area contributed by atoms with E-state index >= 15 is 0 Å². The molecule has 2 aromatic carbocycles. The molecule has 132 valence electrons. The van der Waals surface area contributed by atoms with Gasteiger partial charge in [-0.1, -0.05) is 12.1 Å². The second-order valence-electron chi connectivity index (χ2n) is 6.12. The third-order valence-electron chi connectivity index (χ3n) is 4.76. The molecule has 0 saturated carbocycles. The lowest BCUT2D eigenvalue weighted by atomic mass is 9.84. The molecule has 0 aliphatic carbocycles. The summed E-state index contributed by atoms with van der Waals surface area (Å²) in [6.07, 6.45) is 0.272. The van der Waals surface area contributed by atoms with Crippen molar-refractivity contribution in [1.82, 2.24) is 0 Å². The van der Waals surface area contributed by atoms with Crippen LogP contribution in [0.2, 0.25) is 0 Å². The molecule has 3 rings (SSSR count). The summed E-state index contributed by atoms with van der Waals surface area (Å²) in [6.45, 7) is 3.98. The molecule has 5 nitrogen and oxygen atoms in total. The van der Waals surface area contributed by atoms with E-state index in [1.54, 1.807) is 21.3 Å². The van der Waals surface area contributed by atoms with Crippen LogP contribution in [-0.4, -0.2) is 27.3 Å². The van der Waals surface area contributed by atoms with Gasteiger partial charge in [0.1, 0.15) is 5.75 Å². The average Bonchev–Trinajstić information content (AvgIpc) is 2.63. The average molecular weight is 342 g/mol. The first-order valence-corrected chi connectivity index (χ1v) is 8.10. The highest BCUT2D eigenvalue weighted by Gasteiger charge is 2.31. The Morgan fingerprint density at radius 3 is 2.20 bits per heavy atom. The molecule has 0 fully saturated rings. The minimum atomic E-state index is -0.236. The minimum absolute atomic E-state index is 0.121. The normalized spacial score (nSPS) is 16.0. The van der Waals surface area contributed by atoms with Crippen molar-refractivity contribution in [2.24, 2.45) is 0 Å². The van der Waals surface area contributed by atoms with Crippen LogP contribution < -0.4 is 18.9 Å². The lowest BCUT2D eigenvalue weighted by molar-refractivity contribution is -0.135. The van der Waals surface area contributed by atoms with E-state index in [1.165, 1.54) is 0 Å². The summed E-state index contributed by atoms with van der Waals surface area (Å²) in [5.74, 6) is 1.98. The third kappa shape index (κ3) is 2.90. The molecule has 0 saturated heterocycles. The summed E-state index contributed by atoms with van der Waals surface area (Å²) in [5, 5.41) is 0. The Bertz CT molecular complexity index is 800. The zero-order chi connectivity index (χ0) is 18.1. The number of methoxy groups -OCH3 is 3. The molecule has 5 heteroatoms. The Morgan fingerprint density at radius 1 is 1.00 bits per heavy atom. The van der Waals surface area contributed by atoms with Crippen molar-refractivity contribution in [2.75, 3.05) is 21.3 Å². The highest BCUT2D eigenvalue weighted by molar-refractivity contribution is 5.79. The van der Waals surface area contributed by atoms with Gasteiger partial charge in [0, 0.05) is 11.5 Å². The monoisotopic (exact) mass is 342 g/mol. The van der Waals surface area contributed by atoms with Gasteiger partial charge in [0.25, 0.3) is 0 Å². The molecule has 25 heavy (non-hydrogen) atoms. The molecule has 1 aliphatic heterocycles. The molecule has 0 spiro atoms. The Hall–Kier alpha value is -2.69. The number of hydrogen-bond donors (Lipinski definition) is 0. The van der Waals surface area contributed by atoms with E-state index in [0.29, 0.717) is 23.0 Å². The van der Waals surface area contributed by atoms with E-state index in [9.17, 15) is 4.79 Å². The van der Waals surface area contributed by atoms with E-state index in [1.807, 2.05) is 32.0 Å². The van der Waals surface area contributed by atoms with Crippen molar-refractivity contribution in [1.29, 1.82) is 0 Å². The Balaban J connectivity index is 2.18. The Morgan fingerprint density at radius 2 is 1.64 bits per heavy atom. The quantitative estimate of drug-likeness (QED) is 0.625. The molecule has 1 aliphatic rings. The van der Waals surface area contributed by atoms with Crippen molar-refractivity contribution in [3.63, 3.8) is 0 Å². The van der Waals surface area contributed by atoms with E-state index in [2.05, 4.69) is 6.07 Å². The van der Waals surface area contributed by atoms with Gasteiger partial charge in [-0.3, -0.25) is 4.79 Å². The largest absolute Gasteiger partial charge is 0.493 e. The summed E-state index contributed by atoms with van der Waals surface area (Å²) in [4.78, 5) is 12.2. The molecule has 0 amide bonds. The van der Waals surface area contributed by atoms with E-state index in [-0.39, 0.29) is 18.3 Å². The van der Waals surface area contributed by atoms with E-state index in [4.69, 9.17) is 18.9 Å². The second-order valence-corrected chi connectivity index (χ2v) is 6.12. The van der Waals surface area contributed by atoms with Crippen LogP contribution in [0.3, 0.4) is 0 Å².